The molecule has 0 amide bonds. The summed E-state index contributed by atoms with van der Waals surface area (Å²) in [6.07, 6.45) is 9.34. The molecule has 0 heteroatoms. The zero-order chi connectivity index (χ0) is 7.11. The van der Waals surface area contributed by atoms with E-state index < -0.39 is 0 Å². The fraction of sp³-hybridized carbons (Fsp3) is 0.333. The van der Waals surface area contributed by atoms with Crippen LogP contribution in [0.2, 0.25) is 0 Å². The number of allylic oxidation sites excluding steroid dienone is 5. The van der Waals surface area contributed by atoms with Gasteiger partial charge in [-0.3, -0.25) is 0 Å². The second-order valence-electron chi connectivity index (χ2n) is 2.21. The molecule has 0 saturated heterocycles. The van der Waals surface area contributed by atoms with Gasteiger partial charge in [-0.15, -0.1) is 0 Å². The van der Waals surface area contributed by atoms with E-state index in [1.54, 1.807) is 6.08 Å². The van der Waals surface area contributed by atoms with Gasteiger partial charge in [-0.1, -0.05) is 50.8 Å². The molecule has 0 fully saturated rings. The van der Waals surface area contributed by atoms with Crippen LogP contribution in [-0.4, -0.2) is 0 Å². The minimum atomic E-state index is 0.618. The van der Waals surface area contributed by atoms with Gasteiger partial charge >= 0.3 is 0 Å². The predicted octanol–water partition coefficient (Wildman–Crippen LogP) is 2.74. The lowest BCUT2D eigenvalue weighted by Crippen LogP contribution is -1.74. The molecule has 0 aliphatic carbocycles. The maximum Gasteiger partial charge on any atom is -0.0287 e. The molecule has 9 heavy (non-hydrogen) atoms. The molecular formula is C9H13. The summed E-state index contributed by atoms with van der Waals surface area (Å²) in [7, 11) is 0. The van der Waals surface area contributed by atoms with Crippen LogP contribution in [0.4, 0.5) is 0 Å². The second kappa shape index (κ2) is 5.36. The van der Waals surface area contributed by atoms with Crippen LogP contribution in [0.15, 0.2) is 30.4 Å². The summed E-state index contributed by atoms with van der Waals surface area (Å²) in [5, 5.41) is 0. The van der Waals surface area contributed by atoms with Gasteiger partial charge in [0.1, 0.15) is 0 Å². The van der Waals surface area contributed by atoms with E-state index in [0.29, 0.717) is 5.92 Å². The topological polar surface area (TPSA) is 0 Å². The van der Waals surface area contributed by atoms with E-state index in [0.717, 1.165) is 0 Å². The standard InChI is InChI=1S/C9H13/c1-4-5-6-7-8-9(2)3/h1,4-9H,2-3H3. The third kappa shape index (κ3) is 7.22. The molecule has 49 valence electrons. The van der Waals surface area contributed by atoms with Crippen molar-refractivity contribution in [2.75, 3.05) is 0 Å². The lowest BCUT2D eigenvalue weighted by atomic mass is 10.2. The Balaban J connectivity index is 3.46. The first-order chi connectivity index (χ1) is 4.27. The van der Waals surface area contributed by atoms with E-state index in [-0.39, 0.29) is 0 Å². The number of hydrogen-bond acceptors (Lipinski definition) is 0. The second-order valence-corrected chi connectivity index (χ2v) is 2.21. The number of rotatable bonds is 3. The smallest absolute Gasteiger partial charge is 0.0287 e. The van der Waals surface area contributed by atoms with Crippen molar-refractivity contribution in [2.24, 2.45) is 5.92 Å². The Kier molecular flexibility index (Phi) is 4.89. The SMILES string of the molecule is [CH]=CC=CC=CC(C)C. The highest BCUT2D eigenvalue weighted by atomic mass is 13.8. The van der Waals surface area contributed by atoms with Gasteiger partial charge in [-0.2, -0.15) is 0 Å². The molecule has 0 aromatic carbocycles. The molecule has 0 aliphatic rings. The Morgan fingerprint density at radius 2 is 1.78 bits per heavy atom. The maximum absolute atomic E-state index is 5.10. The van der Waals surface area contributed by atoms with Crippen LogP contribution in [0, 0.1) is 12.5 Å². The van der Waals surface area contributed by atoms with Crippen LogP contribution in [0.5, 0.6) is 0 Å². The summed E-state index contributed by atoms with van der Waals surface area (Å²) in [6.45, 7) is 9.37. The van der Waals surface area contributed by atoms with Gasteiger partial charge in [0.25, 0.3) is 0 Å². The lowest BCUT2D eigenvalue weighted by molar-refractivity contribution is 0.832. The zero-order valence-electron chi connectivity index (χ0n) is 6.04. The summed E-state index contributed by atoms with van der Waals surface area (Å²) in [5.41, 5.74) is 0. The fourth-order valence-corrected chi connectivity index (χ4v) is 0.415. The van der Waals surface area contributed by atoms with Gasteiger partial charge in [-0.05, 0) is 5.92 Å². The maximum atomic E-state index is 5.10. The highest BCUT2D eigenvalue weighted by molar-refractivity contribution is 5.08. The Bertz CT molecular complexity index is 116. The highest BCUT2D eigenvalue weighted by Gasteiger charge is 1.78. The van der Waals surface area contributed by atoms with Gasteiger partial charge < -0.3 is 0 Å². The molecule has 0 unspecified atom stereocenters. The van der Waals surface area contributed by atoms with Crippen LogP contribution in [0.1, 0.15) is 13.8 Å². The largest absolute Gasteiger partial charge is 0.0820 e. The minimum Gasteiger partial charge on any atom is -0.0820 e. The predicted molar refractivity (Wildman–Crippen MR) is 42.0 cm³/mol. The quantitative estimate of drug-likeness (QED) is 0.504. The lowest BCUT2D eigenvalue weighted by Gasteiger charge is -1.88. The minimum absolute atomic E-state index is 0.618. The average molecular weight is 121 g/mol. The van der Waals surface area contributed by atoms with Crippen molar-refractivity contribution >= 4 is 0 Å². The molecular weight excluding hydrogens is 108 g/mol. The third-order valence-electron chi connectivity index (χ3n) is 0.829. The molecule has 0 aromatic heterocycles. The molecule has 0 aliphatic heterocycles. The van der Waals surface area contributed by atoms with Gasteiger partial charge in [0.15, 0.2) is 0 Å². The normalized spacial score (nSPS) is 11.9. The Labute approximate surface area is 57.6 Å². The Hall–Kier alpha value is -0.780. The van der Waals surface area contributed by atoms with E-state index in [1.807, 2.05) is 12.2 Å². The van der Waals surface area contributed by atoms with Crippen molar-refractivity contribution in [1.29, 1.82) is 0 Å². The highest BCUT2D eigenvalue weighted by Crippen LogP contribution is 1.92. The van der Waals surface area contributed by atoms with E-state index in [4.69, 9.17) is 6.58 Å². The summed E-state index contributed by atoms with van der Waals surface area (Å²) in [5.74, 6) is 0.618. The molecule has 0 aromatic rings. The van der Waals surface area contributed by atoms with Crippen LogP contribution in [-0.2, 0) is 0 Å². The van der Waals surface area contributed by atoms with Crippen LogP contribution in [0.3, 0.4) is 0 Å². The molecule has 0 heterocycles. The molecule has 1 radical (unpaired) electrons. The first-order valence-electron chi connectivity index (χ1n) is 3.15. The first kappa shape index (κ1) is 8.22. The molecule has 0 spiro atoms. The zero-order valence-corrected chi connectivity index (χ0v) is 6.04. The number of hydrogen-bond donors (Lipinski definition) is 0. The van der Waals surface area contributed by atoms with Crippen LogP contribution in [0.25, 0.3) is 0 Å². The molecule has 0 rings (SSSR count). The van der Waals surface area contributed by atoms with E-state index in [9.17, 15) is 0 Å². The van der Waals surface area contributed by atoms with Crippen molar-refractivity contribution in [3.8, 4) is 0 Å². The fourth-order valence-electron chi connectivity index (χ4n) is 0.415. The van der Waals surface area contributed by atoms with Gasteiger partial charge in [-0.25, -0.2) is 0 Å². The van der Waals surface area contributed by atoms with Crippen molar-refractivity contribution in [3.05, 3.63) is 37.0 Å². The van der Waals surface area contributed by atoms with Crippen LogP contribution < -0.4 is 0 Å². The van der Waals surface area contributed by atoms with Crippen molar-refractivity contribution in [2.45, 2.75) is 13.8 Å². The Morgan fingerprint density at radius 3 is 2.22 bits per heavy atom. The van der Waals surface area contributed by atoms with Gasteiger partial charge in [0.05, 0.1) is 0 Å². The summed E-state index contributed by atoms with van der Waals surface area (Å²) in [4.78, 5) is 0. The van der Waals surface area contributed by atoms with E-state index in [1.165, 1.54) is 6.08 Å². The molecule has 0 nitrogen and oxygen atoms in total. The summed E-state index contributed by atoms with van der Waals surface area (Å²) >= 11 is 0. The molecule has 0 N–H and O–H groups in total. The molecule has 0 saturated carbocycles. The van der Waals surface area contributed by atoms with Gasteiger partial charge in [0, 0.05) is 0 Å². The molecule has 0 atom stereocenters. The van der Waals surface area contributed by atoms with E-state index in [2.05, 4.69) is 19.9 Å². The Morgan fingerprint density at radius 1 is 1.11 bits per heavy atom. The third-order valence-corrected chi connectivity index (χ3v) is 0.829. The molecule has 0 bridgehead atoms. The summed E-state index contributed by atoms with van der Waals surface area (Å²) in [6, 6.07) is 0. The first-order valence-corrected chi connectivity index (χ1v) is 3.15. The summed E-state index contributed by atoms with van der Waals surface area (Å²) < 4.78 is 0. The van der Waals surface area contributed by atoms with Gasteiger partial charge in [0.2, 0.25) is 0 Å². The van der Waals surface area contributed by atoms with E-state index >= 15 is 0 Å². The monoisotopic (exact) mass is 121 g/mol. The van der Waals surface area contributed by atoms with Crippen molar-refractivity contribution in [1.82, 2.24) is 0 Å². The van der Waals surface area contributed by atoms with Crippen LogP contribution >= 0.6 is 0 Å². The van der Waals surface area contributed by atoms with Crippen molar-refractivity contribution in [3.63, 3.8) is 0 Å². The average Bonchev–Trinajstić information content (AvgIpc) is 1.80. The van der Waals surface area contributed by atoms with Crippen molar-refractivity contribution < 1.29 is 0 Å².